The van der Waals surface area contributed by atoms with Gasteiger partial charge in [0.15, 0.2) is 0 Å². The van der Waals surface area contributed by atoms with Crippen molar-refractivity contribution < 1.29 is 22.7 Å². The first kappa shape index (κ1) is 31.9. The van der Waals surface area contributed by atoms with Crippen LogP contribution in [0.25, 0.3) is 0 Å². The summed E-state index contributed by atoms with van der Waals surface area (Å²) in [5.41, 5.74) is 5.89. The van der Waals surface area contributed by atoms with Crippen LogP contribution in [0.3, 0.4) is 0 Å². The molecule has 0 saturated carbocycles. The summed E-state index contributed by atoms with van der Waals surface area (Å²) in [5, 5.41) is 0. The molecule has 5 nitrogen and oxygen atoms in total. The molecule has 0 amide bonds. The molecule has 2 N–H and O–H groups in total. The Labute approximate surface area is 233 Å². The second kappa shape index (κ2) is 10.0. The van der Waals surface area contributed by atoms with Gasteiger partial charge in [0.05, 0.1) is 0 Å². The average Bonchev–Trinajstić information content (AvgIpc) is 2.69. The summed E-state index contributed by atoms with van der Waals surface area (Å²) in [6.07, 6.45) is 0. The maximum Gasteiger partial charge on any atom is 0.558 e. The van der Waals surface area contributed by atoms with Gasteiger partial charge in [0.2, 0.25) is 0 Å². The lowest BCUT2D eigenvalue weighted by Crippen LogP contribution is -2.24. The molecule has 0 atom stereocenters. The van der Waals surface area contributed by atoms with Gasteiger partial charge in [-0.3, -0.25) is 0 Å². The molecule has 205 valence electrons. The van der Waals surface area contributed by atoms with E-state index >= 15 is 0 Å². The third kappa shape index (κ3) is 6.48. The Morgan fingerprint density at radius 2 is 1.00 bits per heavy atom. The highest BCUT2D eigenvalue weighted by molar-refractivity contribution is 7.50. The molecule has 1 aliphatic rings. The third-order valence-corrected chi connectivity index (χ3v) is 9.16. The molecular formula is C30H47AlO5P. The van der Waals surface area contributed by atoms with E-state index in [9.17, 15) is 4.57 Å². The van der Waals surface area contributed by atoms with Crippen LogP contribution in [0.1, 0.15) is 129 Å². The molecule has 0 saturated heterocycles. The van der Waals surface area contributed by atoms with E-state index in [1.165, 1.54) is 11.1 Å². The highest BCUT2D eigenvalue weighted by Gasteiger charge is 2.40. The molecule has 0 aliphatic carbocycles. The lowest BCUT2D eigenvalue weighted by Gasteiger charge is -2.36. The molecule has 0 spiro atoms. The minimum atomic E-state index is -3.95. The number of fused-ring (bicyclic) bond motifs is 2. The van der Waals surface area contributed by atoms with Crippen molar-refractivity contribution in [1.82, 2.24) is 0 Å². The van der Waals surface area contributed by atoms with Gasteiger partial charge in [0.1, 0.15) is 11.5 Å². The van der Waals surface area contributed by atoms with Crippen LogP contribution in [0, 0.1) is 0 Å². The van der Waals surface area contributed by atoms with Crippen molar-refractivity contribution in [3.05, 3.63) is 57.6 Å². The second-order valence-electron chi connectivity index (χ2n) is 14.4. The van der Waals surface area contributed by atoms with Crippen molar-refractivity contribution in [2.45, 2.75) is 118 Å². The number of hydrogen-bond donors (Lipinski definition) is 0. The largest absolute Gasteiger partial charge is 0.558 e. The SMILES string of the molecule is CC1c2cc(C(C)(C)C)cc(C(C)(C)C)c2OP(=O)([O][AlH])Oc2c1cc(C(C)(C)C)cc2C(C)(C)C.O. The normalized spacial score (nSPS) is 20.4. The van der Waals surface area contributed by atoms with E-state index in [2.05, 4.69) is 114 Å². The third-order valence-electron chi connectivity index (χ3n) is 7.08. The number of phosphoric ester groups is 1. The van der Waals surface area contributed by atoms with Crippen LogP contribution in [-0.4, -0.2) is 22.1 Å². The molecule has 1 heterocycles. The van der Waals surface area contributed by atoms with Gasteiger partial charge in [-0.1, -0.05) is 114 Å². The first-order valence-corrected chi connectivity index (χ1v) is 14.9. The van der Waals surface area contributed by atoms with Gasteiger partial charge in [-0.15, -0.1) is 0 Å². The van der Waals surface area contributed by atoms with Crippen LogP contribution in [-0.2, 0) is 29.8 Å². The fourth-order valence-corrected chi connectivity index (χ4v) is 5.91. The van der Waals surface area contributed by atoms with Gasteiger partial charge in [-0.25, -0.2) is 4.57 Å². The summed E-state index contributed by atoms with van der Waals surface area (Å²) in [6, 6.07) is 8.85. The minimum absolute atomic E-state index is 0. The summed E-state index contributed by atoms with van der Waals surface area (Å²) in [7, 11) is -3.95. The van der Waals surface area contributed by atoms with Crippen molar-refractivity contribution in [3.8, 4) is 11.5 Å². The summed E-state index contributed by atoms with van der Waals surface area (Å²) in [4.78, 5) is 0. The van der Waals surface area contributed by atoms with E-state index < -0.39 is 7.82 Å². The first-order chi connectivity index (χ1) is 16.1. The van der Waals surface area contributed by atoms with E-state index in [1.54, 1.807) is 0 Å². The fourth-order valence-electron chi connectivity index (χ4n) is 4.59. The predicted octanol–water partition coefficient (Wildman–Crippen LogP) is 7.92. The van der Waals surface area contributed by atoms with Gasteiger partial charge < -0.3 is 18.1 Å². The van der Waals surface area contributed by atoms with Gasteiger partial charge >= 0.3 is 24.4 Å². The Morgan fingerprint density at radius 3 is 1.24 bits per heavy atom. The van der Waals surface area contributed by atoms with E-state index in [0.717, 1.165) is 38.9 Å². The molecular weight excluding hydrogens is 498 g/mol. The summed E-state index contributed by atoms with van der Waals surface area (Å²) in [6.45, 7) is 28.5. The Morgan fingerprint density at radius 1 is 0.676 bits per heavy atom. The molecule has 0 unspecified atom stereocenters. The molecule has 1 radical (unpaired) electrons. The molecule has 0 fully saturated rings. The maximum absolute atomic E-state index is 14.1. The molecule has 2 aromatic carbocycles. The number of phosphoric acid groups is 1. The summed E-state index contributed by atoms with van der Waals surface area (Å²) < 4.78 is 32.2. The molecule has 0 bridgehead atoms. The number of benzene rings is 2. The van der Waals surface area contributed by atoms with Crippen LogP contribution < -0.4 is 9.05 Å². The lowest BCUT2D eigenvalue weighted by molar-refractivity contribution is 0.295. The Hall–Kier alpha value is -1.28. The molecule has 3 rings (SSSR count). The van der Waals surface area contributed by atoms with Crippen LogP contribution in [0.15, 0.2) is 24.3 Å². The maximum atomic E-state index is 14.1. The van der Waals surface area contributed by atoms with Crippen LogP contribution in [0.4, 0.5) is 0 Å². The average molecular weight is 546 g/mol. The van der Waals surface area contributed by atoms with Crippen molar-refractivity contribution in [2.75, 3.05) is 0 Å². The van der Waals surface area contributed by atoms with Gasteiger partial charge in [-0.2, -0.15) is 0 Å². The zero-order chi connectivity index (χ0) is 27.6. The summed E-state index contributed by atoms with van der Waals surface area (Å²) in [5.74, 6) is 1.18. The van der Waals surface area contributed by atoms with Gasteiger partial charge in [0, 0.05) is 28.2 Å². The van der Waals surface area contributed by atoms with E-state index in [0.29, 0.717) is 11.5 Å². The summed E-state index contributed by atoms with van der Waals surface area (Å²) >= 11 is 1.16. The first-order valence-electron chi connectivity index (χ1n) is 12.9. The molecule has 37 heavy (non-hydrogen) atoms. The molecule has 2 aromatic rings. The van der Waals surface area contributed by atoms with E-state index in [4.69, 9.17) is 12.6 Å². The minimum Gasteiger partial charge on any atom is -0.412 e. The lowest BCUT2D eigenvalue weighted by atomic mass is 9.74. The van der Waals surface area contributed by atoms with Crippen LogP contribution >= 0.6 is 7.82 Å². The van der Waals surface area contributed by atoms with Gasteiger partial charge in [0.25, 0.3) is 0 Å². The Kier molecular flexibility index (Phi) is 8.66. The van der Waals surface area contributed by atoms with Crippen molar-refractivity contribution in [1.29, 1.82) is 0 Å². The van der Waals surface area contributed by atoms with Crippen molar-refractivity contribution in [3.63, 3.8) is 0 Å². The van der Waals surface area contributed by atoms with Crippen LogP contribution in [0.5, 0.6) is 11.5 Å². The predicted molar refractivity (Wildman–Crippen MR) is 156 cm³/mol. The second-order valence-corrected chi connectivity index (χ2v) is 16.7. The van der Waals surface area contributed by atoms with Crippen LogP contribution in [0.2, 0.25) is 0 Å². The smallest absolute Gasteiger partial charge is 0.412 e. The standard InChI is InChI=1S/C30H45O4P.Al.H2O.H/c1-18-21-14-19(27(2,3)4)16-23(29(8,9)10)25(21)33-35(31,32)34-26-22(18)15-20(28(5,6)7)17-24(26)30(11,12)13;;;/h14-18H,1-13H3,(H,31,32);;1H2;/q;+1;;/p-1. The zero-order valence-electron chi connectivity index (χ0n) is 25.2. The highest BCUT2D eigenvalue weighted by atomic mass is 31.2. The fraction of sp³-hybridized carbons (Fsp3) is 0.600. The Bertz CT molecular complexity index is 1120. The highest BCUT2D eigenvalue weighted by Crippen LogP contribution is 2.59. The Balaban J connectivity index is 0.00000481. The topological polar surface area (TPSA) is 76.3 Å². The van der Waals surface area contributed by atoms with E-state index in [-0.39, 0.29) is 33.1 Å². The molecule has 0 aromatic heterocycles. The number of hydrogen-bond acceptors (Lipinski definition) is 4. The van der Waals surface area contributed by atoms with E-state index in [1.807, 2.05) is 0 Å². The quantitative estimate of drug-likeness (QED) is 0.269. The van der Waals surface area contributed by atoms with Crippen molar-refractivity contribution >= 4 is 24.4 Å². The zero-order valence-corrected chi connectivity index (χ0v) is 27.5. The van der Waals surface area contributed by atoms with Crippen molar-refractivity contribution in [2.24, 2.45) is 0 Å². The number of rotatable bonds is 1. The van der Waals surface area contributed by atoms with Gasteiger partial charge in [-0.05, 0) is 32.8 Å². The molecule has 1 aliphatic heterocycles. The monoisotopic (exact) mass is 545 g/mol. The molecule has 7 heteroatoms.